The van der Waals surface area contributed by atoms with Gasteiger partial charge in [0.25, 0.3) is 0 Å². The SMILES string of the molecule is CCCC(Cl)CCCCO.[MgH2]. The number of aliphatic hydroxyl groups is 1. The van der Waals surface area contributed by atoms with Crippen molar-refractivity contribution in [2.24, 2.45) is 0 Å². The van der Waals surface area contributed by atoms with E-state index in [1.54, 1.807) is 0 Å². The molecule has 1 unspecified atom stereocenters. The lowest BCUT2D eigenvalue weighted by atomic mass is 10.1. The van der Waals surface area contributed by atoms with E-state index < -0.39 is 0 Å². The number of unbranched alkanes of at least 4 members (excludes halogenated alkanes) is 1. The van der Waals surface area contributed by atoms with Crippen LogP contribution in [-0.2, 0) is 0 Å². The van der Waals surface area contributed by atoms with Crippen molar-refractivity contribution in [2.75, 3.05) is 6.61 Å². The van der Waals surface area contributed by atoms with Crippen LogP contribution < -0.4 is 0 Å². The van der Waals surface area contributed by atoms with E-state index >= 15 is 0 Å². The van der Waals surface area contributed by atoms with Gasteiger partial charge in [0.1, 0.15) is 0 Å². The summed E-state index contributed by atoms with van der Waals surface area (Å²) in [6.07, 6.45) is 5.27. The Kier molecular flexibility index (Phi) is 14.6. The Labute approximate surface area is 90.7 Å². The third kappa shape index (κ3) is 11.0. The zero-order valence-corrected chi connectivity index (χ0v) is 7.40. The molecule has 0 saturated carbocycles. The Balaban J connectivity index is 0. The molecular weight excluding hydrogens is 172 g/mol. The summed E-state index contributed by atoms with van der Waals surface area (Å²) < 4.78 is 0. The van der Waals surface area contributed by atoms with E-state index in [-0.39, 0.29) is 23.1 Å². The predicted octanol–water partition coefficient (Wildman–Crippen LogP) is 1.64. The third-order valence-electron chi connectivity index (χ3n) is 1.53. The molecule has 0 heterocycles. The average molecular weight is 191 g/mol. The molecule has 0 aromatic rings. The molecule has 0 radical (unpaired) electrons. The fourth-order valence-electron chi connectivity index (χ4n) is 0.935. The molecule has 1 nitrogen and oxygen atoms in total. The number of hydrogen-bond acceptors (Lipinski definition) is 1. The summed E-state index contributed by atoms with van der Waals surface area (Å²) in [5.74, 6) is 0. The molecule has 66 valence electrons. The molecule has 0 aliphatic carbocycles. The minimum Gasteiger partial charge on any atom is -0.396 e. The molecule has 0 bridgehead atoms. The highest BCUT2D eigenvalue weighted by molar-refractivity contribution is 6.20. The van der Waals surface area contributed by atoms with Crippen molar-refractivity contribution in [3.8, 4) is 0 Å². The second-order valence-electron chi connectivity index (χ2n) is 2.61. The highest BCUT2D eigenvalue weighted by atomic mass is 35.5. The van der Waals surface area contributed by atoms with E-state index in [1.807, 2.05) is 0 Å². The highest BCUT2D eigenvalue weighted by Crippen LogP contribution is 2.12. The van der Waals surface area contributed by atoms with E-state index in [0.717, 1.165) is 32.1 Å². The van der Waals surface area contributed by atoms with Gasteiger partial charge < -0.3 is 5.11 Å². The Morgan fingerprint density at radius 3 is 2.36 bits per heavy atom. The van der Waals surface area contributed by atoms with Gasteiger partial charge in [0.2, 0.25) is 0 Å². The largest absolute Gasteiger partial charge is 0.396 e. The van der Waals surface area contributed by atoms with Crippen LogP contribution in [0.4, 0.5) is 0 Å². The first-order valence-corrected chi connectivity index (χ1v) is 4.49. The quantitative estimate of drug-likeness (QED) is 0.384. The maximum absolute atomic E-state index is 8.47. The minimum absolute atomic E-state index is 0. The first kappa shape index (κ1) is 14.5. The average Bonchev–Trinajstić information content (AvgIpc) is 1.89. The summed E-state index contributed by atoms with van der Waals surface area (Å²) in [5, 5.41) is 8.80. The Hall–Kier alpha value is 1.02. The van der Waals surface area contributed by atoms with Crippen molar-refractivity contribution >= 4 is 34.7 Å². The monoisotopic (exact) mass is 190 g/mol. The summed E-state index contributed by atoms with van der Waals surface area (Å²) in [6, 6.07) is 0. The molecule has 0 aliphatic heterocycles. The Bertz CT molecular complexity index is 71.1. The first-order valence-electron chi connectivity index (χ1n) is 4.06. The molecular formula is C8H19ClMgO. The summed E-state index contributed by atoms with van der Waals surface area (Å²) in [7, 11) is 0. The molecule has 0 aromatic carbocycles. The van der Waals surface area contributed by atoms with Crippen molar-refractivity contribution < 1.29 is 5.11 Å². The molecule has 1 atom stereocenters. The van der Waals surface area contributed by atoms with Crippen LogP contribution in [0, 0.1) is 0 Å². The maximum atomic E-state index is 8.47. The molecule has 11 heavy (non-hydrogen) atoms. The number of hydrogen-bond donors (Lipinski definition) is 1. The van der Waals surface area contributed by atoms with Crippen LogP contribution in [0.15, 0.2) is 0 Å². The zero-order valence-electron chi connectivity index (χ0n) is 6.65. The fraction of sp³-hybridized carbons (Fsp3) is 1.00. The van der Waals surface area contributed by atoms with Crippen LogP contribution >= 0.6 is 11.6 Å². The lowest BCUT2D eigenvalue weighted by Crippen LogP contribution is -1.97. The molecule has 0 saturated heterocycles. The fourth-order valence-corrected chi connectivity index (χ4v) is 1.31. The molecule has 0 aliphatic rings. The highest BCUT2D eigenvalue weighted by Gasteiger charge is 2.00. The number of aliphatic hydroxyl groups excluding tert-OH is 1. The van der Waals surface area contributed by atoms with Crippen molar-refractivity contribution in [3.63, 3.8) is 0 Å². The van der Waals surface area contributed by atoms with E-state index in [1.165, 1.54) is 0 Å². The van der Waals surface area contributed by atoms with E-state index in [0.29, 0.717) is 12.0 Å². The van der Waals surface area contributed by atoms with Gasteiger partial charge in [-0.3, -0.25) is 0 Å². The lowest BCUT2D eigenvalue weighted by Gasteiger charge is -2.05. The van der Waals surface area contributed by atoms with Crippen LogP contribution in [-0.4, -0.2) is 40.1 Å². The van der Waals surface area contributed by atoms with Gasteiger partial charge in [0.15, 0.2) is 0 Å². The minimum atomic E-state index is 0. The normalized spacial score (nSPS) is 12.3. The molecule has 0 amide bonds. The van der Waals surface area contributed by atoms with Crippen molar-refractivity contribution in [1.29, 1.82) is 0 Å². The molecule has 0 aromatic heterocycles. The van der Waals surface area contributed by atoms with Gasteiger partial charge in [0, 0.05) is 12.0 Å². The standard InChI is InChI=1S/C8H17ClO.Mg.2H/c1-2-5-8(9)6-3-4-7-10;;;/h8,10H,2-7H2,1H3;;;. The first-order chi connectivity index (χ1) is 4.81. The molecule has 0 spiro atoms. The van der Waals surface area contributed by atoms with Gasteiger partial charge in [-0.2, -0.15) is 0 Å². The Morgan fingerprint density at radius 1 is 1.27 bits per heavy atom. The zero-order chi connectivity index (χ0) is 7.82. The van der Waals surface area contributed by atoms with Gasteiger partial charge in [-0.05, 0) is 25.7 Å². The van der Waals surface area contributed by atoms with Gasteiger partial charge in [-0.1, -0.05) is 13.3 Å². The van der Waals surface area contributed by atoms with E-state index in [4.69, 9.17) is 16.7 Å². The molecule has 1 N–H and O–H groups in total. The van der Waals surface area contributed by atoms with Crippen molar-refractivity contribution in [3.05, 3.63) is 0 Å². The third-order valence-corrected chi connectivity index (χ3v) is 1.96. The summed E-state index contributed by atoms with van der Waals surface area (Å²) >= 11 is 5.94. The summed E-state index contributed by atoms with van der Waals surface area (Å²) in [5.41, 5.74) is 0. The van der Waals surface area contributed by atoms with Crippen LogP contribution in [0.1, 0.15) is 39.0 Å². The Morgan fingerprint density at radius 2 is 1.91 bits per heavy atom. The number of rotatable bonds is 6. The summed E-state index contributed by atoms with van der Waals surface area (Å²) in [4.78, 5) is 0. The second kappa shape index (κ2) is 11.0. The van der Waals surface area contributed by atoms with Crippen LogP contribution in [0.3, 0.4) is 0 Å². The van der Waals surface area contributed by atoms with Gasteiger partial charge in [-0.15, -0.1) is 11.6 Å². The van der Waals surface area contributed by atoms with Crippen LogP contribution in [0.25, 0.3) is 0 Å². The van der Waals surface area contributed by atoms with Gasteiger partial charge >= 0.3 is 23.1 Å². The van der Waals surface area contributed by atoms with Crippen molar-refractivity contribution in [2.45, 2.75) is 44.4 Å². The number of alkyl halides is 1. The van der Waals surface area contributed by atoms with Crippen LogP contribution in [0.2, 0.25) is 0 Å². The van der Waals surface area contributed by atoms with Crippen molar-refractivity contribution in [1.82, 2.24) is 0 Å². The van der Waals surface area contributed by atoms with Gasteiger partial charge in [-0.25, -0.2) is 0 Å². The topological polar surface area (TPSA) is 20.2 Å². The maximum Gasteiger partial charge on any atom is 0.316 e. The summed E-state index contributed by atoms with van der Waals surface area (Å²) in [6.45, 7) is 2.44. The predicted molar refractivity (Wildman–Crippen MR) is 54.0 cm³/mol. The second-order valence-corrected chi connectivity index (χ2v) is 3.22. The molecule has 0 rings (SSSR count). The molecule has 0 fully saturated rings. The smallest absolute Gasteiger partial charge is 0.316 e. The number of halogens is 1. The van der Waals surface area contributed by atoms with Crippen LogP contribution in [0.5, 0.6) is 0 Å². The van der Waals surface area contributed by atoms with Gasteiger partial charge in [0.05, 0.1) is 0 Å². The van der Waals surface area contributed by atoms with E-state index in [9.17, 15) is 0 Å². The molecule has 3 heteroatoms. The van der Waals surface area contributed by atoms with E-state index in [2.05, 4.69) is 6.92 Å². The lowest BCUT2D eigenvalue weighted by molar-refractivity contribution is 0.282.